The van der Waals surface area contributed by atoms with Crippen molar-refractivity contribution in [3.63, 3.8) is 0 Å². The number of hydrogen-bond donors (Lipinski definition) is 1. The normalized spacial score (nSPS) is 15.3. The molecule has 2 aromatic rings. The number of carbonyl (C=O) groups is 1. The number of nitrogens with zero attached hydrogens (tertiary/aromatic N) is 1. The van der Waals surface area contributed by atoms with Crippen LogP contribution in [0.25, 0.3) is 0 Å². The highest BCUT2D eigenvalue weighted by Crippen LogP contribution is 2.23. The lowest BCUT2D eigenvalue weighted by Gasteiger charge is -2.30. The van der Waals surface area contributed by atoms with E-state index < -0.39 is 0 Å². The van der Waals surface area contributed by atoms with Crippen LogP contribution in [0.1, 0.15) is 28.8 Å². The van der Waals surface area contributed by atoms with Crippen molar-refractivity contribution in [1.29, 1.82) is 0 Å². The van der Waals surface area contributed by atoms with Crippen LogP contribution in [-0.4, -0.2) is 29.9 Å². The van der Waals surface area contributed by atoms with Crippen LogP contribution in [0.4, 0.5) is 0 Å². The fourth-order valence-electron chi connectivity index (χ4n) is 2.83. The number of hydrogen-bond acceptors (Lipinski definition) is 3. The molecule has 2 N–H and O–H groups in total. The van der Waals surface area contributed by atoms with Gasteiger partial charge in [-0.1, -0.05) is 40.2 Å². The lowest BCUT2D eigenvalue weighted by atomic mass is 10.0. The smallest absolute Gasteiger partial charge is 0.257 e. The number of para-hydroxylation sites is 1. The standard InChI is InChI=1S/C19H21BrN2O2/c20-15-5-3-4-14(12-15)13-24-18-7-2-1-6-17(18)19(23)22-10-8-16(21)9-11-22/h1-7,12,16H,8-11,13,21H2. The van der Waals surface area contributed by atoms with Crippen LogP contribution in [0, 0.1) is 0 Å². The number of piperidine rings is 1. The fourth-order valence-corrected chi connectivity index (χ4v) is 3.28. The van der Waals surface area contributed by atoms with Gasteiger partial charge < -0.3 is 15.4 Å². The second kappa shape index (κ2) is 7.81. The average Bonchev–Trinajstić information content (AvgIpc) is 2.60. The van der Waals surface area contributed by atoms with E-state index in [0.717, 1.165) is 22.9 Å². The van der Waals surface area contributed by atoms with Crippen molar-refractivity contribution in [2.45, 2.75) is 25.5 Å². The highest BCUT2D eigenvalue weighted by molar-refractivity contribution is 9.10. The first-order valence-electron chi connectivity index (χ1n) is 8.14. The summed E-state index contributed by atoms with van der Waals surface area (Å²) < 4.78 is 6.93. The maximum absolute atomic E-state index is 12.8. The number of rotatable bonds is 4. The fraction of sp³-hybridized carbons (Fsp3) is 0.316. The number of nitrogens with two attached hydrogens (primary N) is 1. The SMILES string of the molecule is NC1CCN(C(=O)c2ccccc2OCc2cccc(Br)c2)CC1. The predicted octanol–water partition coefficient (Wildman–Crippen LogP) is 3.59. The van der Waals surface area contributed by atoms with Crippen molar-refractivity contribution < 1.29 is 9.53 Å². The molecule has 3 rings (SSSR count). The Bertz CT molecular complexity index is 712. The molecule has 1 aliphatic heterocycles. The molecule has 0 atom stereocenters. The van der Waals surface area contributed by atoms with Crippen LogP contribution in [0.15, 0.2) is 53.0 Å². The van der Waals surface area contributed by atoms with Crippen molar-refractivity contribution in [2.75, 3.05) is 13.1 Å². The van der Waals surface area contributed by atoms with Crippen LogP contribution < -0.4 is 10.5 Å². The van der Waals surface area contributed by atoms with E-state index in [2.05, 4.69) is 15.9 Å². The maximum atomic E-state index is 12.8. The lowest BCUT2D eigenvalue weighted by molar-refractivity contribution is 0.0710. The van der Waals surface area contributed by atoms with Crippen LogP contribution in [0.5, 0.6) is 5.75 Å². The molecule has 0 aliphatic carbocycles. The number of likely N-dealkylation sites (tertiary alicyclic amines) is 1. The number of amides is 1. The Balaban J connectivity index is 1.71. The minimum atomic E-state index is 0.0201. The third-order valence-corrected chi connectivity index (χ3v) is 4.72. The third kappa shape index (κ3) is 4.16. The topological polar surface area (TPSA) is 55.6 Å². The van der Waals surface area contributed by atoms with Crippen molar-refractivity contribution in [2.24, 2.45) is 5.73 Å². The molecule has 24 heavy (non-hydrogen) atoms. The Labute approximate surface area is 150 Å². The molecular weight excluding hydrogens is 368 g/mol. The Morgan fingerprint density at radius 3 is 2.67 bits per heavy atom. The third-order valence-electron chi connectivity index (χ3n) is 4.23. The zero-order chi connectivity index (χ0) is 16.9. The van der Waals surface area contributed by atoms with Gasteiger partial charge in [-0.05, 0) is 42.7 Å². The van der Waals surface area contributed by atoms with Gasteiger partial charge in [0.25, 0.3) is 5.91 Å². The van der Waals surface area contributed by atoms with Crippen LogP contribution in [0.2, 0.25) is 0 Å². The Morgan fingerprint density at radius 1 is 1.17 bits per heavy atom. The quantitative estimate of drug-likeness (QED) is 0.870. The van der Waals surface area contributed by atoms with Crippen molar-refractivity contribution in [1.82, 2.24) is 4.90 Å². The van der Waals surface area contributed by atoms with Gasteiger partial charge in [0, 0.05) is 23.6 Å². The van der Waals surface area contributed by atoms with E-state index in [4.69, 9.17) is 10.5 Å². The molecule has 1 fully saturated rings. The van der Waals surface area contributed by atoms with Crippen molar-refractivity contribution in [3.05, 3.63) is 64.1 Å². The van der Waals surface area contributed by atoms with Crippen LogP contribution >= 0.6 is 15.9 Å². The summed E-state index contributed by atoms with van der Waals surface area (Å²) >= 11 is 3.46. The molecular formula is C19H21BrN2O2. The summed E-state index contributed by atoms with van der Waals surface area (Å²) in [6, 6.07) is 15.6. The summed E-state index contributed by atoms with van der Waals surface area (Å²) in [4.78, 5) is 14.7. The molecule has 0 saturated carbocycles. The van der Waals surface area contributed by atoms with Crippen molar-refractivity contribution in [3.8, 4) is 5.75 Å². The van der Waals surface area contributed by atoms with Gasteiger partial charge in [-0.15, -0.1) is 0 Å². The van der Waals surface area contributed by atoms with E-state index in [0.29, 0.717) is 31.0 Å². The Morgan fingerprint density at radius 2 is 1.92 bits per heavy atom. The molecule has 0 bridgehead atoms. The number of halogens is 1. The highest BCUT2D eigenvalue weighted by Gasteiger charge is 2.23. The monoisotopic (exact) mass is 388 g/mol. The van der Waals surface area contributed by atoms with Gasteiger partial charge in [-0.2, -0.15) is 0 Å². The molecule has 4 nitrogen and oxygen atoms in total. The van der Waals surface area contributed by atoms with Crippen LogP contribution in [0.3, 0.4) is 0 Å². The van der Waals surface area contributed by atoms with Gasteiger partial charge in [-0.3, -0.25) is 4.79 Å². The van der Waals surface area contributed by atoms with Crippen molar-refractivity contribution >= 4 is 21.8 Å². The number of ether oxygens (including phenoxy) is 1. The van der Waals surface area contributed by atoms with Gasteiger partial charge in [-0.25, -0.2) is 0 Å². The minimum absolute atomic E-state index is 0.0201. The first-order valence-corrected chi connectivity index (χ1v) is 8.94. The van der Waals surface area contributed by atoms with E-state index in [9.17, 15) is 4.79 Å². The van der Waals surface area contributed by atoms with Crippen LogP contribution in [-0.2, 0) is 6.61 Å². The molecule has 1 heterocycles. The van der Waals surface area contributed by atoms with Gasteiger partial charge >= 0.3 is 0 Å². The van der Waals surface area contributed by atoms with E-state index in [1.165, 1.54) is 0 Å². The Hall–Kier alpha value is -1.85. The molecule has 126 valence electrons. The predicted molar refractivity (Wildman–Crippen MR) is 98.0 cm³/mol. The van der Waals surface area contributed by atoms with E-state index in [1.54, 1.807) is 0 Å². The zero-order valence-corrected chi connectivity index (χ0v) is 15.0. The highest BCUT2D eigenvalue weighted by atomic mass is 79.9. The summed E-state index contributed by atoms with van der Waals surface area (Å²) in [5.74, 6) is 0.643. The molecule has 0 unspecified atom stereocenters. The summed E-state index contributed by atoms with van der Waals surface area (Å²) in [6.07, 6.45) is 1.71. The molecule has 0 spiro atoms. The minimum Gasteiger partial charge on any atom is -0.488 e. The van der Waals surface area contributed by atoms with Gasteiger partial charge in [0.15, 0.2) is 0 Å². The Kier molecular flexibility index (Phi) is 5.53. The summed E-state index contributed by atoms with van der Waals surface area (Å²) in [5.41, 5.74) is 7.59. The molecule has 2 aromatic carbocycles. The van der Waals surface area contributed by atoms with Gasteiger partial charge in [0.2, 0.25) is 0 Å². The first kappa shape index (κ1) is 17.0. The summed E-state index contributed by atoms with van der Waals surface area (Å²) in [6.45, 7) is 1.84. The van der Waals surface area contributed by atoms with Gasteiger partial charge in [0.05, 0.1) is 5.56 Å². The average molecular weight is 389 g/mol. The summed E-state index contributed by atoms with van der Waals surface area (Å²) in [7, 11) is 0. The molecule has 1 saturated heterocycles. The largest absolute Gasteiger partial charge is 0.488 e. The maximum Gasteiger partial charge on any atom is 0.257 e. The first-order chi connectivity index (χ1) is 11.6. The van der Waals surface area contributed by atoms with E-state index >= 15 is 0 Å². The van der Waals surface area contributed by atoms with Gasteiger partial charge in [0.1, 0.15) is 12.4 Å². The molecule has 0 radical (unpaired) electrons. The zero-order valence-electron chi connectivity index (χ0n) is 13.5. The van der Waals surface area contributed by atoms with E-state index in [1.807, 2.05) is 53.4 Å². The second-order valence-corrected chi connectivity index (χ2v) is 6.96. The molecule has 1 amide bonds. The molecule has 5 heteroatoms. The summed E-state index contributed by atoms with van der Waals surface area (Å²) in [5, 5.41) is 0. The number of carbonyl (C=O) groups excluding carboxylic acids is 1. The lowest BCUT2D eigenvalue weighted by Crippen LogP contribution is -2.42. The number of benzene rings is 2. The van der Waals surface area contributed by atoms with E-state index in [-0.39, 0.29) is 11.9 Å². The molecule has 1 aliphatic rings. The second-order valence-electron chi connectivity index (χ2n) is 6.04. The molecule has 0 aromatic heterocycles.